The van der Waals surface area contributed by atoms with Gasteiger partial charge in [0.1, 0.15) is 0 Å². The van der Waals surface area contributed by atoms with Crippen molar-refractivity contribution >= 4 is 34.0 Å². The molecule has 2 heterocycles. The average Bonchev–Trinajstić information content (AvgIpc) is 3.11. The van der Waals surface area contributed by atoms with Crippen molar-refractivity contribution in [3.63, 3.8) is 0 Å². The summed E-state index contributed by atoms with van der Waals surface area (Å²) in [5.41, 5.74) is 1.81. The van der Waals surface area contributed by atoms with Gasteiger partial charge in [0, 0.05) is 25.0 Å². The zero-order valence-corrected chi connectivity index (χ0v) is 16.6. The van der Waals surface area contributed by atoms with Crippen LogP contribution in [-0.4, -0.2) is 43.5 Å². The maximum Gasteiger partial charge on any atom is 0.276 e. The van der Waals surface area contributed by atoms with Crippen LogP contribution in [0.15, 0.2) is 36.5 Å². The molecule has 1 unspecified atom stereocenters. The Balaban J connectivity index is 0.00000261. The highest BCUT2D eigenvalue weighted by Crippen LogP contribution is 2.16. The third-order valence-corrected chi connectivity index (χ3v) is 4.90. The summed E-state index contributed by atoms with van der Waals surface area (Å²) < 4.78 is 26.5. The van der Waals surface area contributed by atoms with Crippen molar-refractivity contribution in [1.82, 2.24) is 19.8 Å². The number of aromatic nitrogens is 2. The van der Waals surface area contributed by atoms with Gasteiger partial charge in [0.05, 0.1) is 12.3 Å². The second kappa shape index (κ2) is 9.32. The van der Waals surface area contributed by atoms with Crippen molar-refractivity contribution in [3.8, 4) is 0 Å². The van der Waals surface area contributed by atoms with Crippen LogP contribution in [0.25, 0.3) is 0 Å². The van der Waals surface area contributed by atoms with E-state index in [9.17, 15) is 13.2 Å². The van der Waals surface area contributed by atoms with Crippen LogP contribution in [0.4, 0.5) is 5.69 Å². The summed E-state index contributed by atoms with van der Waals surface area (Å²) in [6, 6.07) is 9.00. The molecule has 1 amide bonds. The van der Waals surface area contributed by atoms with E-state index in [1.165, 1.54) is 0 Å². The molecule has 1 aromatic carbocycles. The number of hydrogen-bond donors (Lipinski definition) is 3. The van der Waals surface area contributed by atoms with E-state index in [4.69, 9.17) is 0 Å². The van der Waals surface area contributed by atoms with E-state index in [0.717, 1.165) is 37.8 Å². The van der Waals surface area contributed by atoms with Crippen molar-refractivity contribution in [2.24, 2.45) is 0 Å². The third-order valence-electron chi connectivity index (χ3n) is 4.24. The lowest BCUT2D eigenvalue weighted by Crippen LogP contribution is -2.32. The molecule has 1 atom stereocenters. The van der Waals surface area contributed by atoms with Crippen LogP contribution in [0.5, 0.6) is 0 Å². The van der Waals surface area contributed by atoms with Crippen LogP contribution >= 0.6 is 12.4 Å². The molecular weight excluding hydrogens is 390 g/mol. The van der Waals surface area contributed by atoms with E-state index in [0.29, 0.717) is 11.4 Å². The second-order valence-corrected chi connectivity index (χ2v) is 8.26. The molecule has 27 heavy (non-hydrogen) atoms. The van der Waals surface area contributed by atoms with E-state index >= 15 is 0 Å². The number of amides is 1. The molecule has 0 radical (unpaired) electrons. The van der Waals surface area contributed by atoms with Gasteiger partial charge in [-0.05, 0) is 43.1 Å². The van der Waals surface area contributed by atoms with Crippen molar-refractivity contribution in [1.29, 1.82) is 0 Å². The van der Waals surface area contributed by atoms with Crippen LogP contribution in [0, 0.1) is 0 Å². The number of carbonyl (C=O) groups excluding carboxylic acids is 1. The van der Waals surface area contributed by atoms with E-state index in [-0.39, 0.29) is 30.9 Å². The zero-order chi connectivity index (χ0) is 18.6. The summed E-state index contributed by atoms with van der Waals surface area (Å²) in [6.07, 6.45) is 5.11. The van der Waals surface area contributed by atoms with Gasteiger partial charge in [0.2, 0.25) is 10.0 Å². The third kappa shape index (κ3) is 6.31. The van der Waals surface area contributed by atoms with E-state index in [2.05, 4.69) is 20.5 Å². The summed E-state index contributed by atoms with van der Waals surface area (Å²) in [4.78, 5) is 12.4. The number of carbonyl (C=O) groups is 1. The number of piperidine rings is 1. The fraction of sp³-hybridized carbons (Fsp3) is 0.412. The van der Waals surface area contributed by atoms with E-state index in [1.807, 2.05) is 10.9 Å². The SMILES string of the molecule is CS(=O)(=O)NCc1ccc(NC(=O)c2ccn(C3CCCNC3)n2)cc1.Cl. The van der Waals surface area contributed by atoms with Gasteiger partial charge in [0.25, 0.3) is 5.91 Å². The van der Waals surface area contributed by atoms with Crippen molar-refractivity contribution in [2.75, 3.05) is 24.7 Å². The highest BCUT2D eigenvalue weighted by atomic mass is 35.5. The van der Waals surface area contributed by atoms with Gasteiger partial charge in [-0.1, -0.05) is 12.1 Å². The van der Waals surface area contributed by atoms with Crippen LogP contribution in [-0.2, 0) is 16.6 Å². The largest absolute Gasteiger partial charge is 0.321 e. The molecule has 1 saturated heterocycles. The number of benzene rings is 1. The molecule has 0 spiro atoms. The van der Waals surface area contributed by atoms with Crippen LogP contribution in [0.1, 0.15) is 34.9 Å². The molecule has 0 saturated carbocycles. The minimum Gasteiger partial charge on any atom is -0.321 e. The molecule has 1 aliphatic heterocycles. The quantitative estimate of drug-likeness (QED) is 0.666. The first-order valence-corrected chi connectivity index (χ1v) is 10.4. The minimum absolute atomic E-state index is 0. The smallest absolute Gasteiger partial charge is 0.276 e. The van der Waals surface area contributed by atoms with Gasteiger partial charge in [-0.2, -0.15) is 5.10 Å². The van der Waals surface area contributed by atoms with Crippen LogP contribution < -0.4 is 15.4 Å². The first kappa shape index (κ1) is 21.4. The fourth-order valence-electron chi connectivity index (χ4n) is 2.84. The summed E-state index contributed by atoms with van der Waals surface area (Å²) >= 11 is 0. The molecule has 1 aromatic heterocycles. The van der Waals surface area contributed by atoms with Crippen molar-refractivity contribution in [2.45, 2.75) is 25.4 Å². The number of rotatable bonds is 6. The number of nitrogens with one attached hydrogen (secondary N) is 3. The summed E-state index contributed by atoms with van der Waals surface area (Å²) in [6.45, 7) is 2.11. The normalized spacial score (nSPS) is 17.1. The van der Waals surface area contributed by atoms with Crippen LogP contribution in [0.2, 0.25) is 0 Å². The topological polar surface area (TPSA) is 105 Å². The number of hydrogen-bond acceptors (Lipinski definition) is 5. The van der Waals surface area contributed by atoms with Gasteiger partial charge in [-0.25, -0.2) is 13.1 Å². The zero-order valence-electron chi connectivity index (χ0n) is 15.0. The maximum atomic E-state index is 12.4. The average molecular weight is 414 g/mol. The van der Waals surface area contributed by atoms with Crippen molar-refractivity contribution in [3.05, 3.63) is 47.8 Å². The predicted molar refractivity (Wildman–Crippen MR) is 107 cm³/mol. The first-order chi connectivity index (χ1) is 12.4. The molecule has 10 heteroatoms. The Morgan fingerprint density at radius 2 is 2.04 bits per heavy atom. The van der Waals surface area contributed by atoms with E-state index in [1.54, 1.807) is 30.3 Å². The molecule has 148 valence electrons. The van der Waals surface area contributed by atoms with Gasteiger partial charge < -0.3 is 10.6 Å². The standard InChI is InChI=1S/C17H23N5O3S.ClH/c1-26(24,25)19-11-13-4-6-14(7-5-13)20-17(23)16-8-10-22(21-16)15-3-2-9-18-12-15;/h4-8,10,15,18-19H,2-3,9,11-12H2,1H3,(H,20,23);1H. The van der Waals surface area contributed by atoms with E-state index < -0.39 is 10.0 Å². The van der Waals surface area contributed by atoms with Gasteiger partial charge in [-0.15, -0.1) is 12.4 Å². The molecule has 0 aliphatic carbocycles. The highest BCUT2D eigenvalue weighted by molar-refractivity contribution is 7.88. The Kier molecular flexibility index (Phi) is 7.37. The minimum atomic E-state index is -3.23. The number of sulfonamides is 1. The monoisotopic (exact) mass is 413 g/mol. The van der Waals surface area contributed by atoms with Gasteiger partial charge in [-0.3, -0.25) is 9.48 Å². The molecule has 3 rings (SSSR count). The predicted octanol–water partition coefficient (Wildman–Crippen LogP) is 1.53. The Labute approximate surface area is 165 Å². The molecule has 1 aliphatic rings. The molecule has 3 N–H and O–H groups in total. The second-order valence-electron chi connectivity index (χ2n) is 6.43. The molecule has 8 nitrogen and oxygen atoms in total. The molecule has 0 bridgehead atoms. The lowest BCUT2D eigenvalue weighted by molar-refractivity contribution is 0.102. The fourth-order valence-corrected chi connectivity index (χ4v) is 3.27. The molecule has 2 aromatic rings. The Bertz CT molecular complexity index is 861. The summed E-state index contributed by atoms with van der Waals surface area (Å²) in [7, 11) is -3.23. The Morgan fingerprint density at radius 3 is 2.67 bits per heavy atom. The molecule has 1 fully saturated rings. The number of nitrogens with zero attached hydrogens (tertiary/aromatic N) is 2. The van der Waals surface area contributed by atoms with Crippen LogP contribution in [0.3, 0.4) is 0 Å². The molecular formula is C17H24ClN5O3S. The highest BCUT2D eigenvalue weighted by Gasteiger charge is 2.17. The Morgan fingerprint density at radius 1 is 1.30 bits per heavy atom. The summed E-state index contributed by atoms with van der Waals surface area (Å²) in [5.74, 6) is -0.269. The summed E-state index contributed by atoms with van der Waals surface area (Å²) in [5, 5.41) is 10.5. The Hall–Kier alpha value is -1.94. The lowest BCUT2D eigenvalue weighted by atomic mass is 10.1. The first-order valence-electron chi connectivity index (χ1n) is 8.51. The van der Waals surface area contributed by atoms with Gasteiger partial charge in [0.15, 0.2) is 5.69 Å². The van der Waals surface area contributed by atoms with Crippen molar-refractivity contribution < 1.29 is 13.2 Å². The maximum absolute atomic E-state index is 12.4. The number of halogens is 1. The number of anilines is 1. The lowest BCUT2D eigenvalue weighted by Gasteiger charge is -2.22. The van der Waals surface area contributed by atoms with Gasteiger partial charge >= 0.3 is 0 Å².